The first-order chi connectivity index (χ1) is 14.0. The molecule has 1 heterocycles. The monoisotopic (exact) mass is 410 g/mol. The van der Waals surface area contributed by atoms with Gasteiger partial charge in [-0.2, -0.15) is 5.26 Å². The van der Waals surface area contributed by atoms with E-state index in [1.165, 1.54) is 11.8 Å². The fourth-order valence-corrected chi connectivity index (χ4v) is 4.18. The van der Waals surface area contributed by atoms with Crippen molar-refractivity contribution in [2.75, 3.05) is 19.7 Å². The van der Waals surface area contributed by atoms with Crippen LogP contribution in [0.3, 0.4) is 0 Å². The molecule has 2 unspecified atom stereocenters. The third-order valence-electron chi connectivity index (χ3n) is 4.43. The summed E-state index contributed by atoms with van der Waals surface area (Å²) < 4.78 is 10.9. The Hall–Kier alpha value is -2.82. The van der Waals surface area contributed by atoms with Crippen molar-refractivity contribution in [2.24, 2.45) is 0 Å². The lowest BCUT2D eigenvalue weighted by molar-refractivity contribution is -0.146. The maximum absolute atomic E-state index is 12.6. The Bertz CT molecular complexity index is 930. The van der Waals surface area contributed by atoms with E-state index in [1.54, 1.807) is 35.2 Å². The van der Waals surface area contributed by atoms with Crippen molar-refractivity contribution >= 4 is 23.6 Å². The van der Waals surface area contributed by atoms with Crippen LogP contribution in [0.15, 0.2) is 58.3 Å². The van der Waals surface area contributed by atoms with Crippen LogP contribution in [0, 0.1) is 11.3 Å². The van der Waals surface area contributed by atoms with Gasteiger partial charge in [0, 0.05) is 22.9 Å². The van der Waals surface area contributed by atoms with E-state index in [2.05, 4.69) is 6.07 Å². The highest BCUT2D eigenvalue weighted by atomic mass is 32.2. The maximum Gasteiger partial charge on any atom is 0.339 e. The standard InChI is InChI=1S/C22H22N2O4S/c1-15-12-24(13-16(2)28-15)21(25)14-27-22(26)18-8-4-6-10-20(18)29-19-9-5-3-7-17(19)11-23/h3-10,15-16H,12-14H2,1-2H3. The van der Waals surface area contributed by atoms with Crippen LogP contribution in [0.4, 0.5) is 0 Å². The van der Waals surface area contributed by atoms with Crippen LogP contribution in [-0.4, -0.2) is 48.7 Å². The van der Waals surface area contributed by atoms with Gasteiger partial charge in [-0.1, -0.05) is 36.0 Å². The molecule has 0 aliphatic carbocycles. The minimum atomic E-state index is -0.565. The zero-order chi connectivity index (χ0) is 20.8. The van der Waals surface area contributed by atoms with Gasteiger partial charge in [0.1, 0.15) is 6.07 Å². The van der Waals surface area contributed by atoms with E-state index in [-0.39, 0.29) is 24.7 Å². The Morgan fingerprint density at radius 3 is 2.41 bits per heavy atom. The van der Waals surface area contributed by atoms with Gasteiger partial charge in [-0.15, -0.1) is 0 Å². The minimum Gasteiger partial charge on any atom is -0.452 e. The first kappa shape index (κ1) is 20.9. The Morgan fingerprint density at radius 1 is 1.10 bits per heavy atom. The molecule has 7 heteroatoms. The molecule has 1 fully saturated rings. The molecule has 0 saturated carbocycles. The summed E-state index contributed by atoms with van der Waals surface area (Å²) >= 11 is 1.32. The number of ether oxygens (including phenoxy) is 2. The molecule has 6 nitrogen and oxygen atoms in total. The third-order valence-corrected chi connectivity index (χ3v) is 5.59. The molecule has 150 valence electrons. The number of rotatable bonds is 5. The van der Waals surface area contributed by atoms with Crippen molar-refractivity contribution in [3.05, 3.63) is 59.7 Å². The Balaban J connectivity index is 1.67. The van der Waals surface area contributed by atoms with E-state index >= 15 is 0 Å². The van der Waals surface area contributed by atoms with Crippen LogP contribution in [0.25, 0.3) is 0 Å². The second-order valence-electron chi connectivity index (χ2n) is 6.84. The van der Waals surface area contributed by atoms with Crippen LogP contribution in [0.2, 0.25) is 0 Å². The number of amides is 1. The van der Waals surface area contributed by atoms with Crippen molar-refractivity contribution in [2.45, 2.75) is 35.8 Å². The molecule has 1 aliphatic rings. The van der Waals surface area contributed by atoms with Crippen LogP contribution in [0.1, 0.15) is 29.8 Å². The van der Waals surface area contributed by atoms with Crippen LogP contribution in [-0.2, 0) is 14.3 Å². The number of hydrogen-bond donors (Lipinski definition) is 0. The fourth-order valence-electron chi connectivity index (χ4n) is 3.17. The zero-order valence-electron chi connectivity index (χ0n) is 16.3. The molecule has 1 saturated heterocycles. The second kappa shape index (κ2) is 9.59. The highest BCUT2D eigenvalue weighted by molar-refractivity contribution is 7.99. The van der Waals surface area contributed by atoms with E-state index in [0.29, 0.717) is 29.1 Å². The normalized spacial score (nSPS) is 18.7. The summed E-state index contributed by atoms with van der Waals surface area (Å²) in [5.74, 6) is -0.800. The molecule has 1 amide bonds. The van der Waals surface area contributed by atoms with E-state index in [1.807, 2.05) is 32.0 Å². The molecule has 0 radical (unpaired) electrons. The SMILES string of the molecule is CC1CN(C(=O)COC(=O)c2ccccc2Sc2ccccc2C#N)CC(C)O1. The number of esters is 1. The zero-order valence-corrected chi connectivity index (χ0v) is 17.1. The summed E-state index contributed by atoms with van der Waals surface area (Å²) in [5.41, 5.74) is 0.896. The Morgan fingerprint density at radius 2 is 1.72 bits per heavy atom. The highest BCUT2D eigenvalue weighted by Crippen LogP contribution is 2.32. The molecule has 1 aliphatic heterocycles. The smallest absolute Gasteiger partial charge is 0.339 e. The van der Waals surface area contributed by atoms with Gasteiger partial charge >= 0.3 is 5.97 Å². The van der Waals surface area contributed by atoms with Gasteiger partial charge in [0.05, 0.1) is 23.3 Å². The van der Waals surface area contributed by atoms with Gasteiger partial charge in [-0.05, 0) is 38.1 Å². The summed E-state index contributed by atoms with van der Waals surface area (Å²) in [5, 5.41) is 9.28. The summed E-state index contributed by atoms with van der Waals surface area (Å²) in [7, 11) is 0. The number of benzene rings is 2. The predicted molar refractivity (Wildman–Crippen MR) is 109 cm³/mol. The predicted octanol–water partition coefficient (Wildman–Crippen LogP) is 3.50. The average Bonchev–Trinajstić information content (AvgIpc) is 2.72. The second-order valence-corrected chi connectivity index (χ2v) is 7.92. The lowest BCUT2D eigenvalue weighted by atomic mass is 10.2. The summed E-state index contributed by atoms with van der Waals surface area (Å²) in [4.78, 5) is 28.1. The number of nitriles is 1. The summed E-state index contributed by atoms with van der Waals surface area (Å²) in [6, 6.07) is 16.3. The van der Waals surface area contributed by atoms with Gasteiger partial charge in [0.25, 0.3) is 5.91 Å². The molecular formula is C22H22N2O4S. The highest BCUT2D eigenvalue weighted by Gasteiger charge is 2.26. The molecule has 3 rings (SSSR count). The van der Waals surface area contributed by atoms with Gasteiger partial charge < -0.3 is 14.4 Å². The maximum atomic E-state index is 12.6. The van der Waals surface area contributed by atoms with Crippen molar-refractivity contribution in [1.82, 2.24) is 4.90 Å². The van der Waals surface area contributed by atoms with E-state index in [0.717, 1.165) is 4.90 Å². The quantitative estimate of drug-likeness (QED) is 0.702. The van der Waals surface area contributed by atoms with E-state index in [4.69, 9.17) is 9.47 Å². The largest absolute Gasteiger partial charge is 0.452 e. The number of hydrogen-bond acceptors (Lipinski definition) is 6. The number of carbonyl (C=O) groups excluding carboxylic acids is 2. The molecule has 0 bridgehead atoms. The Kier molecular flexibility index (Phi) is 6.91. The molecule has 2 aromatic carbocycles. The van der Waals surface area contributed by atoms with Gasteiger partial charge in [0.2, 0.25) is 0 Å². The lowest BCUT2D eigenvalue weighted by Crippen LogP contribution is -2.49. The summed E-state index contributed by atoms with van der Waals surface area (Å²) in [6.45, 7) is 4.48. The minimum absolute atomic E-state index is 0.0456. The summed E-state index contributed by atoms with van der Waals surface area (Å²) in [6.07, 6.45) is -0.0912. The van der Waals surface area contributed by atoms with Crippen molar-refractivity contribution in [1.29, 1.82) is 5.26 Å². The number of nitrogens with zero attached hydrogens (tertiary/aromatic N) is 2. The van der Waals surface area contributed by atoms with Gasteiger partial charge in [-0.3, -0.25) is 4.79 Å². The molecule has 0 spiro atoms. The fraction of sp³-hybridized carbons (Fsp3) is 0.318. The van der Waals surface area contributed by atoms with Crippen LogP contribution in [0.5, 0.6) is 0 Å². The third kappa shape index (κ3) is 5.37. The number of morpholine rings is 1. The van der Waals surface area contributed by atoms with Crippen LogP contribution < -0.4 is 0 Å². The van der Waals surface area contributed by atoms with Crippen molar-refractivity contribution in [3.8, 4) is 6.07 Å². The molecule has 0 aromatic heterocycles. The van der Waals surface area contributed by atoms with Crippen molar-refractivity contribution < 1.29 is 19.1 Å². The molecule has 29 heavy (non-hydrogen) atoms. The topological polar surface area (TPSA) is 79.6 Å². The molecule has 0 N–H and O–H groups in total. The molecular weight excluding hydrogens is 388 g/mol. The van der Waals surface area contributed by atoms with Gasteiger partial charge in [-0.25, -0.2) is 4.79 Å². The molecule has 2 aromatic rings. The average molecular weight is 410 g/mol. The van der Waals surface area contributed by atoms with E-state index in [9.17, 15) is 14.9 Å². The van der Waals surface area contributed by atoms with Crippen LogP contribution >= 0.6 is 11.8 Å². The first-order valence-corrected chi connectivity index (χ1v) is 10.2. The molecule has 2 atom stereocenters. The van der Waals surface area contributed by atoms with Gasteiger partial charge in [0.15, 0.2) is 6.61 Å². The van der Waals surface area contributed by atoms with E-state index < -0.39 is 5.97 Å². The lowest BCUT2D eigenvalue weighted by Gasteiger charge is -2.35. The first-order valence-electron chi connectivity index (χ1n) is 9.34. The Labute approximate surface area is 174 Å². The van der Waals surface area contributed by atoms with Crippen molar-refractivity contribution in [3.63, 3.8) is 0 Å². The number of carbonyl (C=O) groups is 2.